The van der Waals surface area contributed by atoms with Gasteiger partial charge in [0.15, 0.2) is 5.96 Å². The lowest BCUT2D eigenvalue weighted by Gasteiger charge is -2.08. The first kappa shape index (κ1) is 15.0. The van der Waals surface area contributed by atoms with Gasteiger partial charge in [0.1, 0.15) is 0 Å². The van der Waals surface area contributed by atoms with Gasteiger partial charge in [-0.1, -0.05) is 0 Å². The summed E-state index contributed by atoms with van der Waals surface area (Å²) in [5.41, 5.74) is 17.4. The van der Waals surface area contributed by atoms with E-state index in [9.17, 15) is 4.79 Å². The minimum absolute atomic E-state index is 0.143. The number of rotatable bonds is 3. The van der Waals surface area contributed by atoms with E-state index in [1.807, 2.05) is 0 Å². The average molecular weight is 301 g/mol. The maximum Gasteiger partial charge on any atom is 0.337 e. The number of carbonyl (C=O) groups is 1. The Balaban J connectivity index is 2.55. The van der Waals surface area contributed by atoms with Gasteiger partial charge in [-0.05, 0) is 24.3 Å². The minimum atomic E-state index is -0.496. The quantitative estimate of drug-likeness (QED) is 0.409. The number of carbonyl (C=O) groups excluding carboxylic acids is 1. The van der Waals surface area contributed by atoms with Crippen molar-refractivity contribution >= 4 is 23.6 Å². The van der Waals surface area contributed by atoms with Crippen molar-refractivity contribution in [1.29, 1.82) is 0 Å². The molecule has 0 aliphatic heterocycles. The Morgan fingerprint density at radius 3 is 2.68 bits per heavy atom. The standard InChI is InChI=1S/C13H15N7O2/c1-22-11(21)8-3-4-10(20-6-2-5-17-20)9(7-8)18-13(16)19-12(14)15/h2-7H,1H3,(H6,14,15,16,18,19). The summed E-state index contributed by atoms with van der Waals surface area (Å²) in [4.78, 5) is 19.4. The van der Waals surface area contributed by atoms with Crippen molar-refractivity contribution in [2.45, 2.75) is 0 Å². The van der Waals surface area contributed by atoms with E-state index in [0.717, 1.165) is 0 Å². The molecule has 0 aliphatic rings. The van der Waals surface area contributed by atoms with E-state index >= 15 is 0 Å². The maximum absolute atomic E-state index is 11.6. The molecule has 0 atom stereocenters. The number of aliphatic imine (C=N–C) groups is 2. The van der Waals surface area contributed by atoms with Gasteiger partial charge in [0.2, 0.25) is 5.96 Å². The second-order valence-corrected chi connectivity index (χ2v) is 4.15. The Bertz CT molecular complexity index is 731. The number of methoxy groups -OCH3 is 1. The molecule has 0 bridgehead atoms. The topological polar surface area (TPSA) is 147 Å². The van der Waals surface area contributed by atoms with Gasteiger partial charge in [-0.25, -0.2) is 14.5 Å². The summed E-state index contributed by atoms with van der Waals surface area (Å²) < 4.78 is 6.25. The van der Waals surface area contributed by atoms with Crippen LogP contribution in [0.3, 0.4) is 0 Å². The van der Waals surface area contributed by atoms with Crippen LogP contribution in [0.2, 0.25) is 0 Å². The van der Waals surface area contributed by atoms with Crippen LogP contribution in [0.1, 0.15) is 10.4 Å². The molecule has 22 heavy (non-hydrogen) atoms. The van der Waals surface area contributed by atoms with Crippen molar-refractivity contribution < 1.29 is 9.53 Å². The smallest absolute Gasteiger partial charge is 0.337 e. The predicted molar refractivity (Wildman–Crippen MR) is 82.0 cm³/mol. The summed E-state index contributed by atoms with van der Waals surface area (Å²) in [7, 11) is 1.29. The molecule has 0 unspecified atom stereocenters. The summed E-state index contributed by atoms with van der Waals surface area (Å²) in [5, 5.41) is 4.12. The van der Waals surface area contributed by atoms with Crippen molar-refractivity contribution in [3.05, 3.63) is 42.2 Å². The molecule has 0 radical (unpaired) electrons. The number of benzene rings is 1. The van der Waals surface area contributed by atoms with Crippen molar-refractivity contribution in [1.82, 2.24) is 9.78 Å². The summed E-state index contributed by atoms with van der Waals surface area (Å²) in [6.07, 6.45) is 3.34. The first-order valence-corrected chi connectivity index (χ1v) is 6.17. The SMILES string of the molecule is COC(=O)c1ccc(-n2cccn2)c(N=C(N)N=C(N)N)c1. The molecule has 2 aromatic rings. The Morgan fingerprint density at radius 1 is 1.32 bits per heavy atom. The van der Waals surface area contributed by atoms with Gasteiger partial charge in [0.05, 0.1) is 24.0 Å². The first-order chi connectivity index (χ1) is 10.5. The predicted octanol–water partition coefficient (Wildman–Crippen LogP) is -0.121. The molecule has 1 heterocycles. The molecule has 114 valence electrons. The highest BCUT2D eigenvalue weighted by Gasteiger charge is 2.11. The number of esters is 1. The molecule has 9 nitrogen and oxygen atoms in total. The van der Waals surface area contributed by atoms with Gasteiger partial charge in [-0.3, -0.25) is 0 Å². The molecule has 0 fully saturated rings. The normalized spacial score (nSPS) is 11.0. The Kier molecular flexibility index (Phi) is 4.37. The molecule has 1 aromatic carbocycles. The van der Waals surface area contributed by atoms with Gasteiger partial charge in [-0.15, -0.1) is 0 Å². The lowest BCUT2D eigenvalue weighted by molar-refractivity contribution is 0.0601. The van der Waals surface area contributed by atoms with Crippen LogP contribution >= 0.6 is 0 Å². The highest BCUT2D eigenvalue weighted by atomic mass is 16.5. The highest BCUT2D eigenvalue weighted by Crippen LogP contribution is 2.25. The molecule has 0 saturated heterocycles. The summed E-state index contributed by atoms with van der Waals surface area (Å²) in [6.45, 7) is 0. The zero-order valence-corrected chi connectivity index (χ0v) is 11.8. The zero-order valence-electron chi connectivity index (χ0n) is 11.8. The second kappa shape index (κ2) is 6.39. The van der Waals surface area contributed by atoms with Gasteiger partial charge < -0.3 is 21.9 Å². The van der Waals surface area contributed by atoms with E-state index in [2.05, 4.69) is 19.8 Å². The van der Waals surface area contributed by atoms with Crippen molar-refractivity contribution in [2.24, 2.45) is 27.2 Å². The van der Waals surface area contributed by atoms with Crippen molar-refractivity contribution in [3.63, 3.8) is 0 Å². The van der Waals surface area contributed by atoms with Crippen LogP contribution in [-0.2, 0) is 4.74 Å². The van der Waals surface area contributed by atoms with E-state index in [0.29, 0.717) is 16.9 Å². The largest absolute Gasteiger partial charge is 0.465 e. The monoisotopic (exact) mass is 301 g/mol. The molecule has 0 saturated carbocycles. The number of nitrogens with two attached hydrogens (primary N) is 3. The third-order valence-electron chi connectivity index (χ3n) is 2.63. The molecule has 0 amide bonds. The molecular weight excluding hydrogens is 286 g/mol. The van der Waals surface area contributed by atoms with Crippen LogP contribution in [0.5, 0.6) is 0 Å². The van der Waals surface area contributed by atoms with Crippen LogP contribution in [0, 0.1) is 0 Å². The number of nitrogens with zero attached hydrogens (tertiary/aromatic N) is 4. The van der Waals surface area contributed by atoms with Crippen molar-refractivity contribution in [2.75, 3.05) is 7.11 Å². The molecule has 0 spiro atoms. The number of guanidine groups is 2. The zero-order chi connectivity index (χ0) is 16.1. The van der Waals surface area contributed by atoms with Crippen molar-refractivity contribution in [3.8, 4) is 5.69 Å². The number of hydrogen-bond donors (Lipinski definition) is 3. The van der Waals surface area contributed by atoms with Gasteiger partial charge in [0, 0.05) is 12.4 Å². The van der Waals surface area contributed by atoms with E-state index in [-0.39, 0.29) is 11.9 Å². The van der Waals surface area contributed by atoms with Crippen LogP contribution in [-0.4, -0.2) is 34.8 Å². The number of aromatic nitrogens is 2. The third kappa shape index (κ3) is 3.39. The Hall–Kier alpha value is -3.36. The lowest BCUT2D eigenvalue weighted by atomic mass is 10.1. The van der Waals surface area contributed by atoms with Crippen LogP contribution in [0.15, 0.2) is 46.6 Å². The third-order valence-corrected chi connectivity index (χ3v) is 2.63. The molecule has 6 N–H and O–H groups in total. The van der Waals surface area contributed by atoms with E-state index in [1.165, 1.54) is 13.2 Å². The molecule has 1 aromatic heterocycles. The Morgan fingerprint density at radius 2 is 2.09 bits per heavy atom. The van der Waals surface area contributed by atoms with Crippen LogP contribution in [0.25, 0.3) is 5.69 Å². The van der Waals surface area contributed by atoms with Gasteiger partial charge >= 0.3 is 5.97 Å². The molecule has 0 aliphatic carbocycles. The summed E-state index contributed by atoms with van der Waals surface area (Å²) in [6, 6.07) is 6.53. The minimum Gasteiger partial charge on any atom is -0.465 e. The Labute approximate surface area is 126 Å². The maximum atomic E-state index is 11.6. The van der Waals surface area contributed by atoms with E-state index in [1.54, 1.807) is 35.3 Å². The fourth-order valence-corrected chi connectivity index (χ4v) is 1.74. The number of hydrogen-bond acceptors (Lipinski definition) is 4. The lowest BCUT2D eigenvalue weighted by Crippen LogP contribution is -2.26. The van der Waals surface area contributed by atoms with E-state index < -0.39 is 5.97 Å². The first-order valence-electron chi connectivity index (χ1n) is 6.17. The highest BCUT2D eigenvalue weighted by molar-refractivity contribution is 5.95. The van der Waals surface area contributed by atoms with Crippen LogP contribution in [0.4, 0.5) is 5.69 Å². The second-order valence-electron chi connectivity index (χ2n) is 4.15. The van der Waals surface area contributed by atoms with E-state index in [4.69, 9.17) is 17.2 Å². The average Bonchev–Trinajstić information content (AvgIpc) is 2.99. The fourth-order valence-electron chi connectivity index (χ4n) is 1.74. The fraction of sp³-hybridized carbons (Fsp3) is 0.0769. The molecule has 2 rings (SSSR count). The van der Waals surface area contributed by atoms with Gasteiger partial charge in [0.25, 0.3) is 0 Å². The van der Waals surface area contributed by atoms with Crippen LogP contribution < -0.4 is 17.2 Å². The van der Waals surface area contributed by atoms with Gasteiger partial charge in [-0.2, -0.15) is 10.1 Å². The summed E-state index contributed by atoms with van der Waals surface area (Å²) in [5.74, 6) is -0.856. The number of ether oxygens (including phenoxy) is 1. The summed E-state index contributed by atoms with van der Waals surface area (Å²) >= 11 is 0. The molecular formula is C13H15N7O2. The molecule has 9 heteroatoms.